The highest BCUT2D eigenvalue weighted by Crippen LogP contribution is 2.45. The Morgan fingerprint density at radius 2 is 0.412 bits per heavy atom. The third-order valence-electron chi connectivity index (χ3n) is 18.4. The summed E-state index contributed by atoms with van der Waals surface area (Å²) in [6, 6.07) is 0. The zero-order valence-corrected chi connectivity index (χ0v) is 64.8. The van der Waals surface area contributed by atoms with Gasteiger partial charge >= 0.3 is 39.5 Å². The van der Waals surface area contributed by atoms with E-state index in [9.17, 15) is 43.2 Å². The fraction of sp³-hybridized carbons (Fsp3) is 0.949. The standard InChI is InChI=1S/C78H152O17P2/c1-5-9-13-17-21-25-28-30-32-34-36-37-38-40-42-44-46-49-53-57-61-65-78(83)95-74(69-89-76(81)63-59-55-51-48-45-43-41-39-35-33-31-29-26-22-18-14-10-6-2)71-93-97(86,87)91-67-72(79)66-90-96(84,85)92-70-73(68-88-75(80)62-58-54-50-24-20-16-12-8-4)94-77(82)64-60-56-52-47-27-23-19-15-11-7-3/h72-74,79H,5-71H2,1-4H3,(H,84,85)(H,86,87)/t72-,73+,74+/m0/s1. The third-order valence-corrected chi connectivity index (χ3v) is 20.3. The molecular weight excluding hydrogens is 1270 g/mol. The monoisotopic (exact) mass is 1420 g/mol. The van der Waals surface area contributed by atoms with Crippen LogP contribution in [0.1, 0.15) is 419 Å². The quantitative estimate of drug-likeness (QED) is 0.0222. The van der Waals surface area contributed by atoms with Crippen molar-refractivity contribution in [1.29, 1.82) is 0 Å². The van der Waals surface area contributed by atoms with Crippen molar-refractivity contribution in [2.45, 2.75) is 438 Å². The average molecular weight is 1420 g/mol. The number of phosphoric acid groups is 2. The highest BCUT2D eigenvalue weighted by molar-refractivity contribution is 7.47. The molecule has 0 saturated heterocycles. The van der Waals surface area contributed by atoms with Gasteiger partial charge in [0.05, 0.1) is 26.4 Å². The van der Waals surface area contributed by atoms with E-state index in [0.717, 1.165) is 96.3 Å². The lowest BCUT2D eigenvalue weighted by molar-refractivity contribution is -0.161. The number of rotatable bonds is 79. The summed E-state index contributed by atoms with van der Waals surface area (Å²) in [7, 11) is -9.90. The van der Waals surface area contributed by atoms with Crippen LogP contribution in [0.15, 0.2) is 0 Å². The summed E-state index contributed by atoms with van der Waals surface area (Å²) in [4.78, 5) is 72.7. The number of hydrogen-bond donors (Lipinski definition) is 3. The molecule has 0 aromatic carbocycles. The SMILES string of the molecule is CCCCCCCCCCCCCCCCCCCCCCCC(=O)O[C@H](COC(=O)CCCCCCCCCCCCCCCCCCCC)COP(=O)(O)OC[C@@H](O)COP(=O)(O)OC[C@@H](COC(=O)CCCCCCCCCC)OC(=O)CCCCCCCCCCCC. The highest BCUT2D eigenvalue weighted by Gasteiger charge is 2.30. The third kappa shape index (κ3) is 72.2. The first-order chi connectivity index (χ1) is 47.2. The Morgan fingerprint density at radius 3 is 0.608 bits per heavy atom. The highest BCUT2D eigenvalue weighted by atomic mass is 31.2. The summed E-state index contributed by atoms with van der Waals surface area (Å²) >= 11 is 0. The van der Waals surface area contributed by atoms with Crippen molar-refractivity contribution in [3.05, 3.63) is 0 Å². The summed E-state index contributed by atoms with van der Waals surface area (Å²) in [5.41, 5.74) is 0. The van der Waals surface area contributed by atoms with Gasteiger partial charge in [0, 0.05) is 25.7 Å². The van der Waals surface area contributed by atoms with Gasteiger partial charge in [-0.05, 0) is 25.7 Å². The van der Waals surface area contributed by atoms with Gasteiger partial charge in [0.15, 0.2) is 12.2 Å². The number of carbonyl (C=O) groups is 4. The second-order valence-electron chi connectivity index (χ2n) is 28.1. The Hall–Kier alpha value is -1.94. The van der Waals surface area contributed by atoms with E-state index in [0.29, 0.717) is 25.7 Å². The number of esters is 4. The zero-order chi connectivity index (χ0) is 71.1. The smallest absolute Gasteiger partial charge is 0.462 e. The lowest BCUT2D eigenvalue weighted by atomic mass is 10.0. The molecule has 3 N–H and O–H groups in total. The van der Waals surface area contributed by atoms with E-state index in [-0.39, 0.29) is 25.7 Å². The van der Waals surface area contributed by atoms with Crippen LogP contribution in [0.5, 0.6) is 0 Å². The maximum Gasteiger partial charge on any atom is 0.472 e. The van der Waals surface area contributed by atoms with Gasteiger partial charge in [0.1, 0.15) is 19.3 Å². The second-order valence-corrected chi connectivity index (χ2v) is 31.0. The van der Waals surface area contributed by atoms with Gasteiger partial charge in [-0.1, -0.05) is 368 Å². The molecule has 0 aliphatic rings. The number of aliphatic hydroxyl groups excluding tert-OH is 1. The van der Waals surface area contributed by atoms with Gasteiger partial charge in [-0.2, -0.15) is 0 Å². The summed E-state index contributed by atoms with van der Waals surface area (Å²) in [6.45, 7) is 4.96. The number of carbonyl (C=O) groups excluding carboxylic acids is 4. The Bertz CT molecular complexity index is 1840. The van der Waals surface area contributed by atoms with E-state index in [1.807, 2.05) is 0 Å². The van der Waals surface area contributed by atoms with E-state index < -0.39 is 97.5 Å². The molecule has 576 valence electrons. The molecule has 97 heavy (non-hydrogen) atoms. The predicted molar refractivity (Wildman–Crippen MR) is 395 cm³/mol. The maximum atomic E-state index is 13.1. The van der Waals surface area contributed by atoms with Crippen LogP contribution in [0.2, 0.25) is 0 Å². The lowest BCUT2D eigenvalue weighted by Gasteiger charge is -2.21. The number of unbranched alkanes of at least 4 members (excludes halogenated alkanes) is 53. The maximum absolute atomic E-state index is 13.1. The van der Waals surface area contributed by atoms with Crippen molar-refractivity contribution >= 4 is 39.5 Å². The second kappa shape index (κ2) is 72.4. The first-order valence-electron chi connectivity index (χ1n) is 40.8. The van der Waals surface area contributed by atoms with Crippen LogP contribution in [0, 0.1) is 0 Å². The molecule has 2 unspecified atom stereocenters. The molecule has 0 aliphatic heterocycles. The number of hydrogen-bond acceptors (Lipinski definition) is 15. The summed E-state index contributed by atoms with van der Waals surface area (Å²) in [6.07, 6.45) is 64.1. The molecule has 0 aromatic rings. The van der Waals surface area contributed by atoms with Gasteiger partial charge in [0.25, 0.3) is 0 Å². The summed E-state index contributed by atoms with van der Waals surface area (Å²) in [5.74, 6) is -2.11. The molecule has 19 heteroatoms. The van der Waals surface area contributed by atoms with Crippen LogP contribution < -0.4 is 0 Å². The molecule has 0 saturated carbocycles. The normalized spacial score (nSPS) is 13.8. The van der Waals surface area contributed by atoms with Crippen LogP contribution in [-0.4, -0.2) is 96.7 Å². The van der Waals surface area contributed by atoms with Crippen molar-refractivity contribution in [1.82, 2.24) is 0 Å². The molecule has 0 aromatic heterocycles. The summed E-state index contributed by atoms with van der Waals surface area (Å²) in [5, 5.41) is 10.6. The topological polar surface area (TPSA) is 237 Å². The van der Waals surface area contributed by atoms with E-state index in [4.69, 9.17) is 37.0 Å². The van der Waals surface area contributed by atoms with Gasteiger partial charge in [-0.25, -0.2) is 9.13 Å². The molecule has 0 heterocycles. The van der Waals surface area contributed by atoms with Crippen molar-refractivity contribution in [2.75, 3.05) is 39.6 Å². The van der Waals surface area contributed by atoms with Crippen LogP contribution >= 0.6 is 15.6 Å². The Labute approximate surface area is 594 Å². The van der Waals surface area contributed by atoms with Crippen LogP contribution in [-0.2, 0) is 65.4 Å². The van der Waals surface area contributed by atoms with Crippen molar-refractivity contribution < 1.29 is 80.2 Å². The minimum absolute atomic E-state index is 0.107. The van der Waals surface area contributed by atoms with Crippen LogP contribution in [0.25, 0.3) is 0 Å². The molecule has 0 aliphatic carbocycles. The van der Waals surface area contributed by atoms with Gasteiger partial charge < -0.3 is 33.8 Å². The lowest BCUT2D eigenvalue weighted by Crippen LogP contribution is -2.30. The number of aliphatic hydroxyl groups is 1. The van der Waals surface area contributed by atoms with Gasteiger partial charge in [0.2, 0.25) is 0 Å². The number of ether oxygens (including phenoxy) is 4. The number of phosphoric ester groups is 2. The molecule has 0 fully saturated rings. The molecule has 0 rings (SSSR count). The van der Waals surface area contributed by atoms with Crippen LogP contribution in [0.4, 0.5) is 0 Å². The predicted octanol–water partition coefficient (Wildman–Crippen LogP) is 23.4. The Kier molecular flexibility index (Phi) is 71.0. The molecule has 17 nitrogen and oxygen atoms in total. The van der Waals surface area contributed by atoms with Crippen molar-refractivity contribution in [3.63, 3.8) is 0 Å². The van der Waals surface area contributed by atoms with Crippen molar-refractivity contribution in [3.8, 4) is 0 Å². The first-order valence-corrected chi connectivity index (χ1v) is 43.8. The van der Waals surface area contributed by atoms with E-state index in [1.165, 1.54) is 244 Å². The Morgan fingerprint density at radius 1 is 0.247 bits per heavy atom. The molecule has 5 atom stereocenters. The van der Waals surface area contributed by atoms with Gasteiger partial charge in [-0.3, -0.25) is 37.3 Å². The average Bonchev–Trinajstić information content (AvgIpc) is 1.92. The molecular formula is C78H152O17P2. The largest absolute Gasteiger partial charge is 0.472 e. The van der Waals surface area contributed by atoms with E-state index >= 15 is 0 Å². The van der Waals surface area contributed by atoms with Crippen LogP contribution in [0.3, 0.4) is 0 Å². The molecule has 0 radical (unpaired) electrons. The molecule has 0 amide bonds. The van der Waals surface area contributed by atoms with Crippen molar-refractivity contribution in [2.24, 2.45) is 0 Å². The summed E-state index contributed by atoms with van der Waals surface area (Å²) < 4.78 is 68.5. The fourth-order valence-corrected chi connectivity index (χ4v) is 13.7. The Balaban J connectivity index is 5.16. The zero-order valence-electron chi connectivity index (χ0n) is 63.1. The first kappa shape index (κ1) is 95.1. The van der Waals surface area contributed by atoms with Gasteiger partial charge in [-0.15, -0.1) is 0 Å². The fourth-order valence-electron chi connectivity index (χ4n) is 12.1. The van der Waals surface area contributed by atoms with E-state index in [1.54, 1.807) is 0 Å². The molecule has 0 bridgehead atoms. The van der Waals surface area contributed by atoms with E-state index in [2.05, 4.69) is 27.7 Å². The minimum atomic E-state index is -4.96. The minimum Gasteiger partial charge on any atom is -0.462 e. The molecule has 0 spiro atoms.